The van der Waals surface area contributed by atoms with Crippen molar-refractivity contribution in [1.29, 1.82) is 0 Å². The van der Waals surface area contributed by atoms with Crippen molar-refractivity contribution < 1.29 is 4.79 Å². The maximum Gasteiger partial charge on any atom is 0.177 e. The van der Waals surface area contributed by atoms with Gasteiger partial charge in [0.25, 0.3) is 0 Å². The molecule has 1 heteroatoms. The van der Waals surface area contributed by atoms with Gasteiger partial charge in [-0.3, -0.25) is 0 Å². The monoisotopic (exact) mass is 158 g/mol. The van der Waals surface area contributed by atoms with Gasteiger partial charge in [-0.25, -0.2) is 4.79 Å². The van der Waals surface area contributed by atoms with Gasteiger partial charge in [0.15, 0.2) is 5.94 Å². The topological polar surface area (TPSA) is 17.1 Å². The summed E-state index contributed by atoms with van der Waals surface area (Å²) < 4.78 is 0. The normalized spacial score (nSPS) is 10.3. The van der Waals surface area contributed by atoms with E-state index in [-0.39, 0.29) is 0 Å². The minimum Gasteiger partial charge on any atom is -0.224 e. The molecular weight excluding hydrogens is 148 g/mol. The fourth-order valence-corrected chi connectivity index (χ4v) is 0.473. The van der Waals surface area contributed by atoms with Crippen molar-refractivity contribution in [3.05, 3.63) is 60.9 Å². The number of carbonyl (C=O) groups excluding carboxylic acids is 1. The number of hydrogen-bond donors (Lipinski definition) is 0. The maximum atomic E-state index is 9.64. The van der Waals surface area contributed by atoms with E-state index in [4.69, 9.17) is 0 Å². The molecule has 0 radical (unpaired) electrons. The van der Waals surface area contributed by atoms with E-state index in [1.165, 1.54) is 12.0 Å². The van der Waals surface area contributed by atoms with E-state index in [1.807, 2.05) is 24.3 Å². The van der Waals surface area contributed by atoms with E-state index in [0.29, 0.717) is 0 Å². The molecule has 0 fully saturated rings. The highest BCUT2D eigenvalue weighted by Crippen LogP contribution is 1.80. The van der Waals surface area contributed by atoms with Crippen LogP contribution in [0.25, 0.3) is 0 Å². The van der Waals surface area contributed by atoms with Gasteiger partial charge < -0.3 is 0 Å². The van der Waals surface area contributed by atoms with Crippen molar-refractivity contribution in [2.45, 2.75) is 0 Å². The lowest BCUT2D eigenvalue weighted by Crippen LogP contribution is -1.49. The van der Waals surface area contributed by atoms with Gasteiger partial charge in [-0.05, 0) is 11.8 Å². The van der Waals surface area contributed by atoms with Crippen molar-refractivity contribution in [2.75, 3.05) is 0 Å². The first-order valence-electron chi connectivity index (χ1n) is 3.48. The number of allylic oxidation sites excluding steroid dienone is 8. The van der Waals surface area contributed by atoms with E-state index in [2.05, 4.69) is 12.3 Å². The summed E-state index contributed by atoms with van der Waals surface area (Å²) in [6, 6.07) is 0. The highest BCUT2D eigenvalue weighted by atomic mass is 16.1. The molecular formula is C11H10O. The van der Waals surface area contributed by atoms with Gasteiger partial charge >= 0.3 is 0 Å². The van der Waals surface area contributed by atoms with Crippen LogP contribution >= 0.6 is 0 Å². The van der Waals surface area contributed by atoms with Crippen molar-refractivity contribution in [2.24, 2.45) is 0 Å². The van der Waals surface area contributed by atoms with Crippen molar-refractivity contribution in [3.63, 3.8) is 0 Å². The predicted molar refractivity (Wildman–Crippen MR) is 51.4 cm³/mol. The van der Waals surface area contributed by atoms with Crippen LogP contribution in [0.1, 0.15) is 0 Å². The lowest BCUT2D eigenvalue weighted by molar-refractivity contribution is 0.569. The first kappa shape index (κ1) is 10.2. The van der Waals surface area contributed by atoms with Crippen LogP contribution in [0.5, 0.6) is 0 Å². The molecule has 0 saturated heterocycles. The molecule has 1 nitrogen and oxygen atoms in total. The lowest BCUT2D eigenvalue weighted by atomic mass is 10.4. The van der Waals surface area contributed by atoms with Crippen LogP contribution in [0.15, 0.2) is 60.9 Å². The molecule has 0 aliphatic rings. The summed E-state index contributed by atoms with van der Waals surface area (Å²) in [5.74, 6) is 1.52. The van der Waals surface area contributed by atoms with Gasteiger partial charge in [-0.1, -0.05) is 49.1 Å². The van der Waals surface area contributed by atoms with Crippen LogP contribution in [0, 0.1) is 0 Å². The third-order valence-corrected chi connectivity index (χ3v) is 0.930. The Hall–Kier alpha value is -1.81. The molecule has 60 valence electrons. The third kappa shape index (κ3) is 8.19. The minimum atomic E-state index is 1.49. The molecule has 0 rings (SSSR count). The number of rotatable bonds is 4. The molecule has 0 N–H and O–H groups in total. The van der Waals surface area contributed by atoms with Crippen LogP contribution in [-0.2, 0) is 4.79 Å². The lowest BCUT2D eigenvalue weighted by Gasteiger charge is -1.70. The Morgan fingerprint density at radius 3 is 2.08 bits per heavy atom. The van der Waals surface area contributed by atoms with E-state index in [9.17, 15) is 4.79 Å². The Morgan fingerprint density at radius 2 is 1.50 bits per heavy atom. The molecule has 0 unspecified atom stereocenters. The Balaban J connectivity index is 3.81. The second-order valence-electron chi connectivity index (χ2n) is 1.80. The second-order valence-corrected chi connectivity index (χ2v) is 1.80. The second kappa shape index (κ2) is 9.19. The molecule has 0 aliphatic heterocycles. The molecule has 0 bridgehead atoms. The third-order valence-electron chi connectivity index (χ3n) is 0.930. The van der Waals surface area contributed by atoms with Crippen molar-refractivity contribution in [1.82, 2.24) is 0 Å². The Bertz CT molecular complexity index is 280. The summed E-state index contributed by atoms with van der Waals surface area (Å²) in [5.41, 5.74) is 2.26. The average molecular weight is 158 g/mol. The number of hydrogen-bond acceptors (Lipinski definition) is 1. The van der Waals surface area contributed by atoms with Crippen LogP contribution < -0.4 is 0 Å². The maximum absolute atomic E-state index is 9.64. The summed E-state index contributed by atoms with van der Waals surface area (Å²) in [6.45, 7) is 3.52. The Labute approximate surface area is 72.4 Å². The van der Waals surface area contributed by atoms with Crippen molar-refractivity contribution in [3.8, 4) is 0 Å². The van der Waals surface area contributed by atoms with Crippen LogP contribution in [0.4, 0.5) is 0 Å². The van der Waals surface area contributed by atoms with Gasteiger partial charge in [0.05, 0.1) is 0 Å². The van der Waals surface area contributed by atoms with Gasteiger partial charge in [0, 0.05) is 0 Å². The first-order valence-corrected chi connectivity index (χ1v) is 3.48. The summed E-state index contributed by atoms with van der Waals surface area (Å²) in [6.07, 6.45) is 14.1. The summed E-state index contributed by atoms with van der Waals surface area (Å²) in [5, 5.41) is 0. The predicted octanol–water partition coefficient (Wildman–Crippen LogP) is 2.38. The van der Waals surface area contributed by atoms with Crippen molar-refractivity contribution >= 4 is 5.94 Å². The molecule has 0 aromatic carbocycles. The van der Waals surface area contributed by atoms with E-state index < -0.39 is 0 Å². The van der Waals surface area contributed by atoms with Gasteiger partial charge in [0.1, 0.15) is 0 Å². The van der Waals surface area contributed by atoms with Crippen LogP contribution in [-0.4, -0.2) is 5.94 Å². The SMILES string of the molecule is C=CC=CC=CC=CC=C=C=O. The molecule has 0 aromatic heterocycles. The quantitative estimate of drug-likeness (QED) is 0.349. The fraction of sp³-hybridized carbons (Fsp3) is 0. The smallest absolute Gasteiger partial charge is 0.177 e. The van der Waals surface area contributed by atoms with Crippen LogP contribution in [0.3, 0.4) is 0 Å². The largest absolute Gasteiger partial charge is 0.224 e. The molecule has 0 heterocycles. The zero-order valence-corrected chi connectivity index (χ0v) is 6.73. The standard InChI is InChI=1S/C11H10O/c1-2-3-4-5-6-7-8-9-10-11-12/h2-9H,1H2. The zero-order chi connectivity index (χ0) is 9.07. The Kier molecular flexibility index (Phi) is 7.80. The molecule has 12 heavy (non-hydrogen) atoms. The molecule has 0 aliphatic carbocycles. The molecule has 0 saturated carbocycles. The van der Waals surface area contributed by atoms with Gasteiger partial charge in [-0.15, -0.1) is 0 Å². The first-order chi connectivity index (χ1) is 5.91. The van der Waals surface area contributed by atoms with E-state index in [1.54, 1.807) is 18.2 Å². The average Bonchev–Trinajstić information content (AvgIpc) is 2.10. The molecule has 0 amide bonds. The van der Waals surface area contributed by atoms with Gasteiger partial charge in [0.2, 0.25) is 0 Å². The summed E-state index contributed by atoms with van der Waals surface area (Å²) >= 11 is 0. The molecule has 0 atom stereocenters. The highest BCUT2D eigenvalue weighted by Gasteiger charge is 1.60. The van der Waals surface area contributed by atoms with Gasteiger partial charge in [-0.2, -0.15) is 0 Å². The van der Waals surface area contributed by atoms with E-state index >= 15 is 0 Å². The zero-order valence-electron chi connectivity index (χ0n) is 6.73. The fourth-order valence-electron chi connectivity index (χ4n) is 0.473. The van der Waals surface area contributed by atoms with Crippen LogP contribution in [0.2, 0.25) is 0 Å². The Morgan fingerprint density at radius 1 is 0.917 bits per heavy atom. The summed E-state index contributed by atoms with van der Waals surface area (Å²) in [7, 11) is 0. The summed E-state index contributed by atoms with van der Waals surface area (Å²) in [4.78, 5) is 9.64. The van der Waals surface area contributed by atoms with E-state index in [0.717, 1.165) is 0 Å². The minimum absolute atomic E-state index is 1.49. The highest BCUT2D eigenvalue weighted by molar-refractivity contribution is 5.44. The molecule has 0 aromatic rings. The molecule has 0 spiro atoms.